The molecule has 0 aromatic heterocycles. The van der Waals surface area contributed by atoms with E-state index < -0.39 is 30.0 Å². The second-order valence-electron chi connectivity index (χ2n) is 6.95. The minimum atomic E-state index is -0.863. The number of benzene rings is 1. The molecule has 0 radical (unpaired) electrons. The second-order valence-corrected chi connectivity index (χ2v) is 6.95. The Morgan fingerprint density at radius 1 is 1.00 bits per heavy atom. The molecule has 0 aliphatic heterocycles. The zero-order chi connectivity index (χ0) is 22.7. The third-order valence-corrected chi connectivity index (χ3v) is 3.97. The van der Waals surface area contributed by atoms with Gasteiger partial charge in [0.1, 0.15) is 25.3 Å². The van der Waals surface area contributed by atoms with E-state index in [1.54, 1.807) is 38.1 Å². The summed E-state index contributed by atoms with van der Waals surface area (Å²) in [5.41, 5.74) is 1.30. The van der Waals surface area contributed by atoms with Gasteiger partial charge in [-0.2, -0.15) is 0 Å². The molecule has 0 heterocycles. The molecule has 3 N–H and O–H groups in total. The molecule has 0 saturated heterocycles. The van der Waals surface area contributed by atoms with Gasteiger partial charge in [-0.3, -0.25) is 14.4 Å². The first-order chi connectivity index (χ1) is 14.1. The number of carbonyl (C=O) groups excluding carboxylic acids is 4. The molecule has 0 aliphatic carbocycles. The number of esters is 1. The number of nitrogens with one attached hydrogen (secondary N) is 3. The minimum Gasteiger partial charge on any atom is -0.461 e. The van der Waals surface area contributed by atoms with Crippen LogP contribution in [0.5, 0.6) is 0 Å². The number of rotatable bonds is 10. The van der Waals surface area contributed by atoms with Crippen LogP contribution in [0.1, 0.15) is 33.3 Å². The molecule has 1 rings (SSSR count). The molecule has 1 aromatic rings. The third-order valence-electron chi connectivity index (χ3n) is 3.97. The van der Waals surface area contributed by atoms with Crippen LogP contribution in [0.15, 0.2) is 36.9 Å². The summed E-state index contributed by atoms with van der Waals surface area (Å²) in [7, 11) is 0. The molecule has 9 nitrogen and oxygen atoms in total. The van der Waals surface area contributed by atoms with Crippen LogP contribution < -0.4 is 16.0 Å². The lowest BCUT2D eigenvalue weighted by atomic mass is 10.0. The van der Waals surface area contributed by atoms with Crippen LogP contribution in [-0.2, 0) is 30.5 Å². The molecule has 164 valence electrons. The Morgan fingerprint density at radius 2 is 1.63 bits per heavy atom. The molecule has 0 bridgehead atoms. The average Bonchev–Trinajstić information content (AvgIpc) is 2.69. The van der Waals surface area contributed by atoms with Gasteiger partial charge in [0.05, 0.1) is 0 Å². The Hall–Kier alpha value is -3.36. The van der Waals surface area contributed by atoms with Crippen LogP contribution in [0.25, 0.3) is 0 Å². The molecule has 9 heteroatoms. The Bertz CT molecular complexity index is 761. The topological polar surface area (TPSA) is 123 Å². The maximum absolute atomic E-state index is 12.5. The number of hydrogen-bond acceptors (Lipinski definition) is 6. The van der Waals surface area contributed by atoms with Gasteiger partial charge in [0.25, 0.3) is 0 Å². The van der Waals surface area contributed by atoms with Crippen molar-refractivity contribution in [3.8, 4) is 0 Å². The van der Waals surface area contributed by atoms with Crippen molar-refractivity contribution in [1.29, 1.82) is 0 Å². The lowest BCUT2D eigenvalue weighted by molar-refractivity contribution is -0.142. The Kier molecular flexibility index (Phi) is 10.1. The monoisotopic (exact) mass is 419 g/mol. The van der Waals surface area contributed by atoms with Gasteiger partial charge in [-0.1, -0.05) is 38.6 Å². The fourth-order valence-electron chi connectivity index (χ4n) is 2.33. The second kappa shape index (κ2) is 12.3. The zero-order valence-electron chi connectivity index (χ0n) is 17.7. The van der Waals surface area contributed by atoms with Gasteiger partial charge in [0, 0.05) is 12.6 Å². The highest BCUT2D eigenvalue weighted by Gasteiger charge is 2.27. The van der Waals surface area contributed by atoms with E-state index in [1.165, 1.54) is 19.9 Å². The third kappa shape index (κ3) is 8.76. The summed E-state index contributed by atoms with van der Waals surface area (Å²) in [6.07, 6.45) is 0.675. The molecule has 2 atom stereocenters. The highest BCUT2D eigenvalue weighted by molar-refractivity contribution is 5.98. The quantitative estimate of drug-likeness (QED) is 0.394. The van der Waals surface area contributed by atoms with Crippen LogP contribution in [-0.4, -0.2) is 42.6 Å². The maximum Gasteiger partial charge on any atom is 0.408 e. The van der Waals surface area contributed by atoms with Gasteiger partial charge in [-0.25, -0.2) is 4.79 Å². The largest absolute Gasteiger partial charge is 0.461 e. The van der Waals surface area contributed by atoms with Crippen LogP contribution in [0.4, 0.5) is 10.5 Å². The molecule has 30 heavy (non-hydrogen) atoms. The predicted octanol–water partition coefficient (Wildman–Crippen LogP) is 2.13. The van der Waals surface area contributed by atoms with E-state index >= 15 is 0 Å². The van der Waals surface area contributed by atoms with E-state index in [0.717, 1.165) is 5.56 Å². The van der Waals surface area contributed by atoms with Gasteiger partial charge in [-0.15, -0.1) is 0 Å². The van der Waals surface area contributed by atoms with E-state index in [-0.39, 0.29) is 25.1 Å². The van der Waals surface area contributed by atoms with Crippen LogP contribution >= 0.6 is 0 Å². The summed E-state index contributed by atoms with van der Waals surface area (Å²) in [4.78, 5) is 47.5. The fraction of sp³-hybridized carbons (Fsp3) is 0.429. The zero-order valence-corrected chi connectivity index (χ0v) is 17.7. The number of hydrogen-bond donors (Lipinski definition) is 3. The van der Waals surface area contributed by atoms with Crippen LogP contribution in [0.3, 0.4) is 0 Å². The van der Waals surface area contributed by atoms with Crippen molar-refractivity contribution in [3.05, 3.63) is 42.5 Å². The first-order valence-electron chi connectivity index (χ1n) is 9.51. The number of ether oxygens (including phenoxy) is 2. The smallest absolute Gasteiger partial charge is 0.408 e. The molecule has 0 spiro atoms. The first-order valence-corrected chi connectivity index (χ1v) is 9.51. The predicted molar refractivity (Wildman–Crippen MR) is 111 cm³/mol. The van der Waals surface area contributed by atoms with Gasteiger partial charge in [-0.05, 0) is 30.5 Å². The average molecular weight is 419 g/mol. The summed E-state index contributed by atoms with van der Waals surface area (Å²) in [6, 6.07) is 5.06. The van der Waals surface area contributed by atoms with Gasteiger partial charge < -0.3 is 25.4 Å². The normalized spacial score (nSPS) is 12.3. The molecular weight excluding hydrogens is 390 g/mol. The van der Waals surface area contributed by atoms with Crippen molar-refractivity contribution >= 4 is 29.6 Å². The van der Waals surface area contributed by atoms with E-state index in [4.69, 9.17) is 9.47 Å². The fourth-order valence-corrected chi connectivity index (χ4v) is 2.33. The lowest BCUT2D eigenvalue weighted by Gasteiger charge is -2.23. The highest BCUT2D eigenvalue weighted by Crippen LogP contribution is 2.11. The summed E-state index contributed by atoms with van der Waals surface area (Å²) < 4.78 is 9.74. The summed E-state index contributed by atoms with van der Waals surface area (Å²) in [5, 5.41) is 7.76. The SMILES string of the molecule is C=CCOC(=O)N[C@H](C(=O)N[C@@H](C)C(=O)Nc1ccc(COC(C)=O)cc1)C(C)C. The molecule has 1 aromatic carbocycles. The molecule has 0 aliphatic rings. The molecule has 0 saturated carbocycles. The number of alkyl carbamates (subject to hydrolysis) is 1. The van der Waals surface area contributed by atoms with E-state index in [1.807, 2.05) is 0 Å². The number of anilines is 1. The molecule has 3 amide bonds. The van der Waals surface area contributed by atoms with Gasteiger partial charge >= 0.3 is 12.1 Å². The van der Waals surface area contributed by atoms with Crippen molar-refractivity contribution in [2.45, 2.75) is 46.4 Å². The van der Waals surface area contributed by atoms with Crippen molar-refractivity contribution in [3.63, 3.8) is 0 Å². The molecule has 0 fully saturated rings. The van der Waals surface area contributed by atoms with Crippen molar-refractivity contribution in [2.24, 2.45) is 5.92 Å². The standard InChI is InChI=1S/C21H29N3O6/c1-6-11-29-21(28)24-18(13(2)3)20(27)22-14(4)19(26)23-17-9-7-16(8-10-17)12-30-15(5)25/h6-10,13-14,18H,1,11-12H2,2-5H3,(H,22,27)(H,23,26)(H,24,28)/t14-,18-/m0/s1. The summed E-state index contributed by atoms with van der Waals surface area (Å²) >= 11 is 0. The van der Waals surface area contributed by atoms with Crippen molar-refractivity contribution < 1.29 is 28.7 Å². The highest BCUT2D eigenvalue weighted by atomic mass is 16.5. The Labute approximate surface area is 176 Å². The van der Waals surface area contributed by atoms with E-state index in [9.17, 15) is 19.2 Å². The van der Waals surface area contributed by atoms with Gasteiger partial charge in [0.15, 0.2) is 0 Å². The van der Waals surface area contributed by atoms with Crippen LogP contribution in [0, 0.1) is 5.92 Å². The molecular formula is C21H29N3O6. The van der Waals surface area contributed by atoms with Crippen molar-refractivity contribution in [2.75, 3.05) is 11.9 Å². The lowest BCUT2D eigenvalue weighted by Crippen LogP contribution is -2.53. The number of amides is 3. The van der Waals surface area contributed by atoms with Crippen LogP contribution in [0.2, 0.25) is 0 Å². The Morgan fingerprint density at radius 3 is 2.17 bits per heavy atom. The number of carbonyl (C=O) groups is 4. The minimum absolute atomic E-state index is 0.0245. The van der Waals surface area contributed by atoms with Crippen molar-refractivity contribution in [1.82, 2.24) is 10.6 Å². The Balaban J connectivity index is 2.62. The molecule has 0 unspecified atom stereocenters. The summed E-state index contributed by atoms with van der Waals surface area (Å²) in [6.45, 7) is 10.0. The first kappa shape index (κ1) is 24.7. The van der Waals surface area contributed by atoms with Gasteiger partial charge in [0.2, 0.25) is 11.8 Å². The maximum atomic E-state index is 12.5. The summed E-state index contributed by atoms with van der Waals surface area (Å²) in [5.74, 6) is -1.52. The van der Waals surface area contributed by atoms with E-state index in [0.29, 0.717) is 5.69 Å². The van der Waals surface area contributed by atoms with E-state index in [2.05, 4.69) is 22.5 Å².